The number of hydrogen-bond donors (Lipinski definition) is 4. The second-order valence-electron chi connectivity index (χ2n) is 9.34. The van der Waals surface area contributed by atoms with Gasteiger partial charge in [0.25, 0.3) is 0 Å². The highest BCUT2D eigenvalue weighted by molar-refractivity contribution is 4.89. The minimum Gasteiger partial charge on any atom is -0.317 e. The molecule has 0 spiro atoms. The Morgan fingerprint density at radius 2 is 1.21 bits per heavy atom. The van der Waals surface area contributed by atoms with Crippen molar-refractivity contribution in [3.05, 3.63) is 0 Å². The summed E-state index contributed by atoms with van der Waals surface area (Å²) >= 11 is 0. The largest absolute Gasteiger partial charge is 0.317 e. The van der Waals surface area contributed by atoms with Gasteiger partial charge in [-0.3, -0.25) is 0 Å². The molecule has 0 aromatic heterocycles. The van der Waals surface area contributed by atoms with Crippen molar-refractivity contribution in [2.24, 2.45) is 11.8 Å². The van der Waals surface area contributed by atoms with Gasteiger partial charge in [0.15, 0.2) is 0 Å². The summed E-state index contributed by atoms with van der Waals surface area (Å²) in [7, 11) is 0. The number of nitrogens with one attached hydrogen (secondary N) is 4. The molecular formula is C25H54N4. The topological polar surface area (TPSA) is 48.1 Å². The minimum absolute atomic E-state index is 0.691. The molecule has 1 saturated carbocycles. The molecule has 0 amide bonds. The van der Waals surface area contributed by atoms with E-state index in [1.165, 1.54) is 116 Å². The maximum Gasteiger partial charge on any atom is 0.00387 e. The molecule has 1 aliphatic carbocycles. The standard InChI is InChI=1S/C25H54N4/c1-4-6-7-8-9-10-15-23(3)29-19-14-13-18-28-22-25-20-24(25)21-27-17-12-11-16-26-5-2/h23-29H,4-22H2,1-3H3/t23?,24-,25-/m0/s1. The van der Waals surface area contributed by atoms with E-state index in [0.717, 1.165) is 18.4 Å². The lowest BCUT2D eigenvalue weighted by molar-refractivity contribution is 0.465. The van der Waals surface area contributed by atoms with E-state index < -0.39 is 0 Å². The zero-order chi connectivity index (χ0) is 21.0. The molecule has 0 radical (unpaired) electrons. The molecule has 3 atom stereocenters. The van der Waals surface area contributed by atoms with Crippen molar-refractivity contribution in [3.8, 4) is 0 Å². The van der Waals surface area contributed by atoms with E-state index in [2.05, 4.69) is 42.0 Å². The molecule has 4 N–H and O–H groups in total. The van der Waals surface area contributed by atoms with Gasteiger partial charge in [0.1, 0.15) is 0 Å². The van der Waals surface area contributed by atoms with Gasteiger partial charge in [-0.1, -0.05) is 52.4 Å². The Morgan fingerprint density at radius 3 is 1.83 bits per heavy atom. The molecule has 0 bridgehead atoms. The van der Waals surface area contributed by atoms with Crippen molar-refractivity contribution < 1.29 is 0 Å². The lowest BCUT2D eigenvalue weighted by atomic mass is 10.1. The average molecular weight is 411 g/mol. The fourth-order valence-electron chi connectivity index (χ4n) is 4.12. The summed E-state index contributed by atoms with van der Waals surface area (Å²) in [6.07, 6.45) is 16.4. The third-order valence-corrected chi connectivity index (χ3v) is 6.35. The minimum atomic E-state index is 0.691. The van der Waals surface area contributed by atoms with E-state index in [1.54, 1.807) is 0 Å². The third-order valence-electron chi connectivity index (χ3n) is 6.35. The van der Waals surface area contributed by atoms with Crippen LogP contribution in [0.15, 0.2) is 0 Å². The van der Waals surface area contributed by atoms with Gasteiger partial charge in [-0.2, -0.15) is 0 Å². The van der Waals surface area contributed by atoms with Crippen molar-refractivity contribution in [1.82, 2.24) is 21.3 Å². The number of rotatable bonds is 23. The summed E-state index contributed by atoms with van der Waals surface area (Å²) in [5.74, 6) is 1.86. The second-order valence-corrected chi connectivity index (χ2v) is 9.34. The fraction of sp³-hybridized carbons (Fsp3) is 1.00. The van der Waals surface area contributed by atoms with Gasteiger partial charge in [-0.05, 0) is 103 Å². The molecule has 1 unspecified atom stereocenters. The van der Waals surface area contributed by atoms with Crippen LogP contribution in [0.25, 0.3) is 0 Å². The van der Waals surface area contributed by atoms with Gasteiger partial charge in [-0.15, -0.1) is 0 Å². The van der Waals surface area contributed by atoms with Crippen LogP contribution in [0.4, 0.5) is 0 Å². The fourth-order valence-corrected chi connectivity index (χ4v) is 4.12. The van der Waals surface area contributed by atoms with Crippen LogP contribution in [0.3, 0.4) is 0 Å². The summed E-state index contributed by atoms with van der Waals surface area (Å²) in [6, 6.07) is 0.691. The predicted octanol–water partition coefficient (Wildman–Crippen LogP) is 4.70. The zero-order valence-electron chi connectivity index (χ0n) is 20.2. The molecule has 4 nitrogen and oxygen atoms in total. The predicted molar refractivity (Wildman–Crippen MR) is 130 cm³/mol. The van der Waals surface area contributed by atoms with E-state index in [4.69, 9.17) is 0 Å². The molecule has 0 aromatic rings. The first kappa shape index (κ1) is 26.9. The highest BCUT2D eigenvalue weighted by Crippen LogP contribution is 2.37. The average Bonchev–Trinajstić information content (AvgIpc) is 3.47. The molecule has 0 saturated heterocycles. The van der Waals surface area contributed by atoms with Crippen LogP contribution in [0, 0.1) is 11.8 Å². The summed E-state index contributed by atoms with van der Waals surface area (Å²) in [6.45, 7) is 15.1. The third kappa shape index (κ3) is 17.2. The first-order valence-electron chi connectivity index (χ1n) is 13.1. The van der Waals surface area contributed by atoms with Crippen molar-refractivity contribution in [2.75, 3.05) is 45.8 Å². The van der Waals surface area contributed by atoms with Crippen LogP contribution < -0.4 is 21.3 Å². The lowest BCUT2D eigenvalue weighted by Crippen LogP contribution is -2.28. The summed E-state index contributed by atoms with van der Waals surface area (Å²) in [4.78, 5) is 0. The van der Waals surface area contributed by atoms with Gasteiger partial charge in [0, 0.05) is 6.04 Å². The highest BCUT2D eigenvalue weighted by Gasteiger charge is 2.35. The van der Waals surface area contributed by atoms with Crippen molar-refractivity contribution in [1.29, 1.82) is 0 Å². The maximum atomic E-state index is 3.71. The van der Waals surface area contributed by atoms with E-state index in [1.807, 2.05) is 0 Å². The molecule has 1 fully saturated rings. The van der Waals surface area contributed by atoms with Crippen molar-refractivity contribution in [2.45, 2.75) is 104 Å². The smallest absolute Gasteiger partial charge is 0.00387 e. The van der Waals surface area contributed by atoms with Crippen molar-refractivity contribution >= 4 is 0 Å². The Morgan fingerprint density at radius 1 is 0.655 bits per heavy atom. The van der Waals surface area contributed by atoms with Crippen LogP contribution in [-0.2, 0) is 0 Å². The molecule has 1 rings (SSSR count). The Hall–Kier alpha value is -0.160. The number of hydrogen-bond acceptors (Lipinski definition) is 4. The SMILES string of the molecule is CCCCCCCCC(C)NCCCCNC[C@@H]1C[C@H]1CNCCCCNCC. The molecule has 174 valence electrons. The zero-order valence-corrected chi connectivity index (χ0v) is 20.2. The number of unbranched alkanes of at least 4 members (excludes halogenated alkanes) is 7. The van der Waals surface area contributed by atoms with Crippen molar-refractivity contribution in [3.63, 3.8) is 0 Å². The maximum absolute atomic E-state index is 3.71. The van der Waals surface area contributed by atoms with Gasteiger partial charge in [-0.25, -0.2) is 0 Å². The highest BCUT2D eigenvalue weighted by atomic mass is 14.9. The molecule has 0 heterocycles. The Labute approximate surface area is 183 Å². The monoisotopic (exact) mass is 410 g/mol. The lowest BCUT2D eigenvalue weighted by Gasteiger charge is -2.13. The normalized spacial score (nSPS) is 19.6. The molecular weight excluding hydrogens is 356 g/mol. The molecule has 4 heteroatoms. The second kappa shape index (κ2) is 19.8. The van der Waals surface area contributed by atoms with Gasteiger partial charge in [0.2, 0.25) is 0 Å². The molecule has 0 aliphatic heterocycles. The van der Waals surface area contributed by atoms with E-state index >= 15 is 0 Å². The first-order chi connectivity index (χ1) is 14.3. The van der Waals surface area contributed by atoms with Gasteiger partial charge < -0.3 is 21.3 Å². The van der Waals surface area contributed by atoms with Crippen LogP contribution in [-0.4, -0.2) is 51.9 Å². The van der Waals surface area contributed by atoms with E-state index in [9.17, 15) is 0 Å². The van der Waals surface area contributed by atoms with E-state index in [0.29, 0.717) is 6.04 Å². The van der Waals surface area contributed by atoms with Crippen LogP contribution in [0.5, 0.6) is 0 Å². The van der Waals surface area contributed by atoms with Crippen LogP contribution >= 0.6 is 0 Å². The Kier molecular flexibility index (Phi) is 18.3. The first-order valence-corrected chi connectivity index (χ1v) is 13.1. The van der Waals surface area contributed by atoms with E-state index in [-0.39, 0.29) is 0 Å². The molecule has 0 aromatic carbocycles. The summed E-state index contributed by atoms with van der Waals surface area (Å²) < 4.78 is 0. The van der Waals surface area contributed by atoms with Gasteiger partial charge in [0.05, 0.1) is 0 Å². The quantitative estimate of drug-likeness (QED) is 0.184. The Bertz CT molecular complexity index is 337. The van der Waals surface area contributed by atoms with Crippen LogP contribution in [0.1, 0.15) is 97.8 Å². The Balaban J connectivity index is 1.75. The molecule has 29 heavy (non-hydrogen) atoms. The van der Waals surface area contributed by atoms with Crippen LogP contribution in [0.2, 0.25) is 0 Å². The summed E-state index contributed by atoms with van der Waals surface area (Å²) in [5, 5.41) is 14.4. The van der Waals surface area contributed by atoms with Gasteiger partial charge >= 0.3 is 0 Å². The summed E-state index contributed by atoms with van der Waals surface area (Å²) in [5.41, 5.74) is 0. The molecule has 1 aliphatic rings.